The summed E-state index contributed by atoms with van der Waals surface area (Å²) in [5.74, 6) is 0.807. The molecular weight excluding hydrogens is 190 g/mol. The van der Waals surface area contributed by atoms with Crippen LogP contribution in [0.1, 0.15) is 19.4 Å². The second-order valence-corrected chi connectivity index (χ2v) is 4.15. The van der Waals surface area contributed by atoms with Crippen molar-refractivity contribution in [2.24, 2.45) is 5.73 Å². The predicted octanol–water partition coefficient (Wildman–Crippen LogP) is 1.34. The van der Waals surface area contributed by atoms with Crippen LogP contribution in [-0.4, -0.2) is 23.9 Å². The molecule has 1 aromatic rings. The van der Waals surface area contributed by atoms with Crippen LogP contribution in [0.4, 0.5) is 0 Å². The Morgan fingerprint density at radius 1 is 1.33 bits per heavy atom. The summed E-state index contributed by atoms with van der Waals surface area (Å²) in [7, 11) is 0. The first kappa shape index (κ1) is 12.0. The number of para-hydroxylation sites is 1. The van der Waals surface area contributed by atoms with E-state index in [1.165, 1.54) is 0 Å². The van der Waals surface area contributed by atoms with Gasteiger partial charge < -0.3 is 15.6 Å². The highest BCUT2D eigenvalue weighted by Crippen LogP contribution is 2.22. The van der Waals surface area contributed by atoms with Crippen molar-refractivity contribution in [3.8, 4) is 5.75 Å². The van der Waals surface area contributed by atoms with Crippen molar-refractivity contribution >= 4 is 0 Å². The first-order valence-electron chi connectivity index (χ1n) is 5.17. The first-order chi connectivity index (χ1) is 7.09. The van der Waals surface area contributed by atoms with E-state index in [1.807, 2.05) is 38.1 Å². The summed E-state index contributed by atoms with van der Waals surface area (Å²) in [5, 5.41) is 8.92. The molecule has 0 amide bonds. The van der Waals surface area contributed by atoms with Crippen molar-refractivity contribution < 1.29 is 9.84 Å². The fourth-order valence-electron chi connectivity index (χ4n) is 1.27. The highest BCUT2D eigenvalue weighted by Gasteiger charge is 2.18. The van der Waals surface area contributed by atoms with Gasteiger partial charge in [-0.15, -0.1) is 0 Å². The zero-order chi connectivity index (χ0) is 11.3. The van der Waals surface area contributed by atoms with Crippen LogP contribution >= 0.6 is 0 Å². The summed E-state index contributed by atoms with van der Waals surface area (Å²) >= 11 is 0. The molecule has 1 rings (SSSR count). The molecule has 3 N–H and O–H groups in total. The number of hydrogen-bond donors (Lipinski definition) is 2. The molecule has 3 nitrogen and oxygen atoms in total. The Kier molecular flexibility index (Phi) is 4.12. The van der Waals surface area contributed by atoms with Crippen molar-refractivity contribution in [3.05, 3.63) is 29.8 Å². The highest BCUT2D eigenvalue weighted by atomic mass is 16.5. The number of hydrogen-bond acceptors (Lipinski definition) is 3. The van der Waals surface area contributed by atoms with E-state index in [1.54, 1.807) is 0 Å². The molecular formula is C12H19NO2. The van der Waals surface area contributed by atoms with Gasteiger partial charge >= 0.3 is 0 Å². The van der Waals surface area contributed by atoms with Crippen LogP contribution in [0.5, 0.6) is 5.75 Å². The Balaban J connectivity index is 2.84. The Morgan fingerprint density at radius 2 is 2.00 bits per heavy atom. The van der Waals surface area contributed by atoms with Crippen LogP contribution < -0.4 is 10.5 Å². The number of aliphatic hydroxyl groups is 1. The van der Waals surface area contributed by atoms with Crippen molar-refractivity contribution in [2.75, 3.05) is 13.2 Å². The van der Waals surface area contributed by atoms with E-state index in [4.69, 9.17) is 15.6 Å². The Hall–Kier alpha value is -1.06. The lowest BCUT2D eigenvalue weighted by Gasteiger charge is -2.26. The van der Waals surface area contributed by atoms with E-state index in [9.17, 15) is 0 Å². The minimum absolute atomic E-state index is 0.128. The minimum Gasteiger partial charge on any atom is -0.486 e. The zero-order valence-electron chi connectivity index (χ0n) is 9.36. The lowest BCUT2D eigenvalue weighted by molar-refractivity contribution is 0.117. The molecule has 0 saturated heterocycles. The fraction of sp³-hybridized carbons (Fsp3) is 0.500. The lowest BCUT2D eigenvalue weighted by Crippen LogP contribution is -2.37. The van der Waals surface area contributed by atoms with E-state index in [0.717, 1.165) is 11.3 Å². The van der Waals surface area contributed by atoms with E-state index >= 15 is 0 Å². The van der Waals surface area contributed by atoms with Crippen LogP contribution in [0.15, 0.2) is 24.3 Å². The van der Waals surface area contributed by atoms with Crippen molar-refractivity contribution in [1.82, 2.24) is 0 Å². The average Bonchev–Trinajstić information content (AvgIpc) is 2.21. The SMILES string of the molecule is CC(C)(CN)Oc1ccccc1CCO. The standard InChI is InChI=1S/C12H19NO2/c1-12(2,9-13)15-11-6-4-3-5-10(11)7-8-14/h3-6,14H,7-9,13H2,1-2H3. The van der Waals surface area contributed by atoms with Gasteiger partial charge in [-0.2, -0.15) is 0 Å². The molecule has 0 fully saturated rings. The molecule has 0 aromatic heterocycles. The largest absolute Gasteiger partial charge is 0.486 e. The van der Waals surface area contributed by atoms with E-state index in [0.29, 0.717) is 13.0 Å². The number of aliphatic hydroxyl groups excluding tert-OH is 1. The summed E-state index contributed by atoms with van der Waals surface area (Å²) in [4.78, 5) is 0. The van der Waals surface area contributed by atoms with Gasteiger partial charge in [-0.3, -0.25) is 0 Å². The monoisotopic (exact) mass is 209 g/mol. The summed E-state index contributed by atoms with van der Waals surface area (Å²) in [5.41, 5.74) is 6.25. The van der Waals surface area contributed by atoms with Crippen LogP contribution in [0.25, 0.3) is 0 Å². The van der Waals surface area contributed by atoms with Gasteiger partial charge in [0.1, 0.15) is 11.4 Å². The molecule has 15 heavy (non-hydrogen) atoms. The summed E-state index contributed by atoms with van der Waals surface area (Å²) in [6.07, 6.45) is 0.608. The molecule has 0 aliphatic heterocycles. The summed E-state index contributed by atoms with van der Waals surface area (Å²) in [6.45, 7) is 4.48. The van der Waals surface area contributed by atoms with Crippen LogP contribution in [0.2, 0.25) is 0 Å². The van der Waals surface area contributed by atoms with Crippen LogP contribution in [0, 0.1) is 0 Å². The zero-order valence-corrected chi connectivity index (χ0v) is 9.36. The molecule has 0 saturated carbocycles. The number of benzene rings is 1. The normalized spacial score (nSPS) is 11.5. The predicted molar refractivity (Wildman–Crippen MR) is 61.0 cm³/mol. The summed E-state index contributed by atoms with van der Waals surface area (Å²) < 4.78 is 5.80. The van der Waals surface area contributed by atoms with Crippen LogP contribution in [0.3, 0.4) is 0 Å². The molecule has 0 unspecified atom stereocenters. The third-order valence-electron chi connectivity index (χ3n) is 2.23. The van der Waals surface area contributed by atoms with E-state index in [2.05, 4.69) is 0 Å². The van der Waals surface area contributed by atoms with Gasteiger partial charge in [0.15, 0.2) is 0 Å². The minimum atomic E-state index is -0.369. The molecule has 0 aliphatic carbocycles. The van der Waals surface area contributed by atoms with Gasteiger partial charge in [-0.25, -0.2) is 0 Å². The molecule has 0 bridgehead atoms. The van der Waals surface area contributed by atoms with Crippen molar-refractivity contribution in [3.63, 3.8) is 0 Å². The molecule has 84 valence electrons. The van der Waals surface area contributed by atoms with Gasteiger partial charge in [0.05, 0.1) is 0 Å². The topological polar surface area (TPSA) is 55.5 Å². The maximum atomic E-state index is 8.92. The Morgan fingerprint density at radius 3 is 2.60 bits per heavy atom. The van der Waals surface area contributed by atoms with Crippen molar-refractivity contribution in [2.45, 2.75) is 25.9 Å². The highest BCUT2D eigenvalue weighted by molar-refractivity contribution is 5.34. The van der Waals surface area contributed by atoms with Gasteiger partial charge in [0, 0.05) is 13.2 Å². The third kappa shape index (κ3) is 3.53. The fourth-order valence-corrected chi connectivity index (χ4v) is 1.27. The quantitative estimate of drug-likeness (QED) is 0.769. The maximum absolute atomic E-state index is 8.92. The van der Waals surface area contributed by atoms with Crippen LogP contribution in [-0.2, 0) is 6.42 Å². The molecule has 0 aliphatic rings. The molecule has 1 aromatic carbocycles. The summed E-state index contributed by atoms with van der Waals surface area (Å²) in [6, 6.07) is 7.72. The number of rotatable bonds is 5. The molecule has 3 heteroatoms. The molecule has 0 spiro atoms. The Bertz CT molecular complexity index is 310. The third-order valence-corrected chi connectivity index (χ3v) is 2.23. The second-order valence-electron chi connectivity index (χ2n) is 4.15. The number of ether oxygens (including phenoxy) is 1. The van der Waals surface area contributed by atoms with Gasteiger partial charge in [0.25, 0.3) is 0 Å². The maximum Gasteiger partial charge on any atom is 0.123 e. The molecule has 0 radical (unpaired) electrons. The van der Waals surface area contributed by atoms with E-state index in [-0.39, 0.29) is 12.2 Å². The molecule has 0 heterocycles. The van der Waals surface area contributed by atoms with Gasteiger partial charge in [-0.05, 0) is 31.9 Å². The average molecular weight is 209 g/mol. The van der Waals surface area contributed by atoms with E-state index < -0.39 is 0 Å². The Labute approximate surface area is 90.9 Å². The molecule has 0 atom stereocenters. The number of nitrogens with two attached hydrogens (primary N) is 1. The van der Waals surface area contributed by atoms with Crippen molar-refractivity contribution in [1.29, 1.82) is 0 Å². The second kappa shape index (κ2) is 5.14. The first-order valence-corrected chi connectivity index (χ1v) is 5.17. The lowest BCUT2D eigenvalue weighted by atomic mass is 10.1. The van der Waals surface area contributed by atoms with Gasteiger partial charge in [-0.1, -0.05) is 18.2 Å². The smallest absolute Gasteiger partial charge is 0.123 e. The van der Waals surface area contributed by atoms with Gasteiger partial charge in [0.2, 0.25) is 0 Å².